The van der Waals surface area contributed by atoms with Crippen LogP contribution in [-0.2, 0) is 25.6 Å². The summed E-state index contributed by atoms with van der Waals surface area (Å²) in [5.41, 5.74) is -1.24. The number of benzene rings is 3. The van der Waals surface area contributed by atoms with Gasteiger partial charge >= 0.3 is 12.4 Å². The van der Waals surface area contributed by atoms with E-state index in [0.29, 0.717) is 12.1 Å². The maximum absolute atomic E-state index is 13.2. The highest BCUT2D eigenvalue weighted by Gasteiger charge is 2.36. The second kappa shape index (κ2) is 11.4. The topological polar surface area (TPSA) is 44.2 Å². The van der Waals surface area contributed by atoms with E-state index < -0.39 is 23.5 Å². The molecule has 0 atom stereocenters. The summed E-state index contributed by atoms with van der Waals surface area (Å²) in [7, 11) is 0. The highest BCUT2D eigenvalue weighted by molar-refractivity contribution is 5.69. The van der Waals surface area contributed by atoms with Crippen molar-refractivity contribution < 1.29 is 35.8 Å². The van der Waals surface area contributed by atoms with E-state index in [1.54, 1.807) is 0 Å². The van der Waals surface area contributed by atoms with Crippen molar-refractivity contribution in [3.8, 4) is 11.6 Å². The fourth-order valence-electron chi connectivity index (χ4n) is 3.38. The van der Waals surface area contributed by atoms with Gasteiger partial charge in [0.05, 0.1) is 16.8 Å². The van der Waals surface area contributed by atoms with Crippen LogP contribution in [0.5, 0.6) is 11.6 Å². The molecule has 1 heterocycles. The lowest BCUT2D eigenvalue weighted by Gasteiger charge is -2.13. The third kappa shape index (κ3) is 7.34. The Hall–Kier alpha value is -4.34. The molecule has 4 nitrogen and oxygen atoms in total. The second-order valence-electron chi connectivity index (χ2n) is 8.16. The van der Waals surface area contributed by atoms with Crippen molar-refractivity contribution in [3.63, 3.8) is 0 Å². The summed E-state index contributed by atoms with van der Waals surface area (Å²) in [6.07, 6.45) is -7.54. The lowest BCUT2D eigenvalue weighted by molar-refractivity contribution is -0.143. The zero-order chi connectivity index (χ0) is 27.2. The van der Waals surface area contributed by atoms with Gasteiger partial charge in [-0.15, -0.1) is 10.2 Å². The van der Waals surface area contributed by atoms with Crippen LogP contribution in [0.3, 0.4) is 0 Å². The van der Waals surface area contributed by atoms with Crippen molar-refractivity contribution in [2.24, 2.45) is 0 Å². The summed E-state index contributed by atoms with van der Waals surface area (Å²) in [4.78, 5) is 0. The lowest BCUT2D eigenvalue weighted by Crippen LogP contribution is -2.11. The smallest absolute Gasteiger partial charge is 0.416 e. The Bertz CT molecular complexity index is 1360. The predicted octanol–water partition coefficient (Wildman–Crippen LogP) is 7.84. The summed E-state index contributed by atoms with van der Waals surface area (Å²) in [6, 6.07) is 21.3. The highest BCUT2D eigenvalue weighted by Crippen LogP contribution is 2.37. The summed E-state index contributed by atoms with van der Waals surface area (Å²) in [6.45, 7) is 0.344. The molecular formula is C28H20F6N2O2. The molecule has 4 rings (SSSR count). The minimum Gasteiger partial charge on any atom is -0.483 e. The fraction of sp³-hybridized carbons (Fsp3) is 0.143. The van der Waals surface area contributed by atoms with E-state index in [9.17, 15) is 26.3 Å². The van der Waals surface area contributed by atoms with Crippen LogP contribution in [0.4, 0.5) is 26.3 Å². The molecule has 0 bridgehead atoms. The van der Waals surface area contributed by atoms with Gasteiger partial charge in [-0.2, -0.15) is 26.3 Å². The Kier molecular flexibility index (Phi) is 7.99. The SMILES string of the molecule is FC(F)(F)c1cc(C=Cc2cc(OCc3ccccc3)c(OCc3ccccc3)nn2)cc(C(F)(F)F)c1. The molecule has 0 amide bonds. The first-order valence-electron chi connectivity index (χ1n) is 11.3. The van der Waals surface area contributed by atoms with E-state index in [1.165, 1.54) is 12.1 Å². The molecule has 0 N–H and O–H groups in total. The van der Waals surface area contributed by atoms with E-state index >= 15 is 0 Å². The first kappa shape index (κ1) is 26.7. The Labute approximate surface area is 214 Å². The van der Waals surface area contributed by atoms with Crippen LogP contribution in [0, 0.1) is 0 Å². The van der Waals surface area contributed by atoms with Crippen LogP contribution in [0.25, 0.3) is 12.2 Å². The maximum Gasteiger partial charge on any atom is 0.416 e. The molecule has 0 spiro atoms. The molecule has 10 heteroatoms. The molecule has 0 unspecified atom stereocenters. The predicted molar refractivity (Wildman–Crippen MR) is 129 cm³/mol. The minimum absolute atomic E-state index is 0.0749. The molecule has 38 heavy (non-hydrogen) atoms. The number of aromatic nitrogens is 2. The van der Waals surface area contributed by atoms with Gasteiger partial charge in [0, 0.05) is 6.07 Å². The van der Waals surface area contributed by atoms with E-state index in [0.717, 1.165) is 17.2 Å². The summed E-state index contributed by atoms with van der Waals surface area (Å²) >= 11 is 0. The normalized spacial score (nSPS) is 12.1. The number of rotatable bonds is 8. The number of ether oxygens (including phenoxy) is 2. The third-order valence-corrected chi connectivity index (χ3v) is 5.26. The van der Waals surface area contributed by atoms with Gasteiger partial charge in [-0.25, -0.2) is 0 Å². The average Bonchev–Trinajstić information content (AvgIpc) is 2.90. The van der Waals surface area contributed by atoms with Crippen LogP contribution < -0.4 is 9.47 Å². The largest absolute Gasteiger partial charge is 0.483 e. The molecular weight excluding hydrogens is 510 g/mol. The number of alkyl halides is 6. The Morgan fingerprint density at radius 3 is 1.66 bits per heavy atom. The molecule has 1 aromatic heterocycles. The van der Waals surface area contributed by atoms with Crippen LogP contribution in [0.2, 0.25) is 0 Å². The highest BCUT2D eigenvalue weighted by atomic mass is 19.4. The monoisotopic (exact) mass is 530 g/mol. The van der Waals surface area contributed by atoms with Crippen molar-refractivity contribution in [3.05, 3.63) is 118 Å². The molecule has 0 aliphatic rings. The van der Waals surface area contributed by atoms with Gasteiger partial charge in [-0.05, 0) is 41.0 Å². The molecule has 0 aliphatic heterocycles. The Balaban J connectivity index is 1.61. The Morgan fingerprint density at radius 1 is 0.605 bits per heavy atom. The first-order chi connectivity index (χ1) is 18.1. The van der Waals surface area contributed by atoms with Gasteiger partial charge in [0.25, 0.3) is 5.88 Å². The molecule has 0 fully saturated rings. The molecule has 0 radical (unpaired) electrons. The van der Waals surface area contributed by atoms with Gasteiger partial charge in [0.1, 0.15) is 13.2 Å². The first-order valence-corrected chi connectivity index (χ1v) is 11.3. The lowest BCUT2D eigenvalue weighted by atomic mass is 10.0. The van der Waals surface area contributed by atoms with Crippen molar-refractivity contribution in [1.82, 2.24) is 10.2 Å². The molecule has 196 valence electrons. The summed E-state index contributed by atoms with van der Waals surface area (Å²) in [5, 5.41) is 8.00. The summed E-state index contributed by atoms with van der Waals surface area (Å²) < 4.78 is 90.7. The van der Waals surface area contributed by atoms with Gasteiger partial charge in [0.15, 0.2) is 5.75 Å². The van der Waals surface area contributed by atoms with Gasteiger partial charge in [-0.1, -0.05) is 66.7 Å². The molecule has 4 aromatic rings. The quantitative estimate of drug-likeness (QED) is 0.218. The van der Waals surface area contributed by atoms with Crippen LogP contribution >= 0.6 is 0 Å². The molecule has 3 aromatic carbocycles. The molecule has 0 aliphatic carbocycles. The van der Waals surface area contributed by atoms with Crippen molar-refractivity contribution >= 4 is 12.2 Å². The zero-order valence-electron chi connectivity index (χ0n) is 19.6. The maximum atomic E-state index is 13.2. The minimum atomic E-state index is -4.94. The van der Waals surface area contributed by atoms with Crippen molar-refractivity contribution in [2.45, 2.75) is 25.6 Å². The van der Waals surface area contributed by atoms with E-state index in [4.69, 9.17) is 9.47 Å². The number of hydrogen-bond acceptors (Lipinski definition) is 4. The number of nitrogens with zero attached hydrogens (tertiary/aromatic N) is 2. The van der Waals surface area contributed by atoms with Gasteiger partial charge in [0.2, 0.25) is 0 Å². The van der Waals surface area contributed by atoms with E-state index in [2.05, 4.69) is 10.2 Å². The summed E-state index contributed by atoms with van der Waals surface area (Å²) in [5.74, 6) is 0.291. The van der Waals surface area contributed by atoms with Gasteiger partial charge in [-0.3, -0.25) is 0 Å². The van der Waals surface area contributed by atoms with Crippen molar-refractivity contribution in [1.29, 1.82) is 0 Å². The standard InChI is InChI=1S/C28H20F6N2O2/c29-27(30,31)22-13-21(14-23(15-22)28(32,33)34)11-12-24-16-25(37-17-19-7-3-1-4-8-19)26(36-35-24)38-18-20-9-5-2-6-10-20/h1-16H,17-18H2. The van der Waals surface area contributed by atoms with Crippen LogP contribution in [0.1, 0.15) is 33.5 Å². The fourth-order valence-corrected chi connectivity index (χ4v) is 3.38. The van der Waals surface area contributed by atoms with Crippen LogP contribution in [-0.4, -0.2) is 10.2 Å². The third-order valence-electron chi connectivity index (χ3n) is 5.26. The van der Waals surface area contributed by atoms with E-state index in [-0.39, 0.29) is 42.2 Å². The van der Waals surface area contributed by atoms with Crippen molar-refractivity contribution in [2.75, 3.05) is 0 Å². The zero-order valence-corrected chi connectivity index (χ0v) is 19.6. The second-order valence-corrected chi connectivity index (χ2v) is 8.16. The Morgan fingerprint density at radius 2 is 1.13 bits per heavy atom. The average molecular weight is 530 g/mol. The molecule has 0 saturated carbocycles. The van der Waals surface area contributed by atoms with E-state index in [1.807, 2.05) is 60.7 Å². The van der Waals surface area contributed by atoms with Crippen LogP contribution in [0.15, 0.2) is 84.9 Å². The number of hydrogen-bond donors (Lipinski definition) is 0. The van der Waals surface area contributed by atoms with Gasteiger partial charge < -0.3 is 9.47 Å². The number of halogens is 6. The molecule has 0 saturated heterocycles.